The number of rotatable bonds is 7. The molecule has 5 aliphatic rings. The van der Waals surface area contributed by atoms with E-state index >= 15 is 0 Å². The van der Waals surface area contributed by atoms with Crippen LogP contribution in [0.25, 0.3) is 0 Å². The van der Waals surface area contributed by atoms with Gasteiger partial charge in [0.1, 0.15) is 0 Å². The second-order valence-electron chi connectivity index (χ2n) is 10.4. The van der Waals surface area contributed by atoms with Gasteiger partial charge in [0.2, 0.25) is 5.91 Å². The quantitative estimate of drug-likeness (QED) is 0.711. The van der Waals surface area contributed by atoms with Crippen molar-refractivity contribution in [2.45, 2.75) is 70.3 Å². The first-order valence-corrected chi connectivity index (χ1v) is 11.8. The van der Waals surface area contributed by atoms with Gasteiger partial charge in [-0.05, 0) is 94.1 Å². The normalized spacial score (nSPS) is 36.7. The Bertz CT molecular complexity index is 650. The highest BCUT2D eigenvalue weighted by molar-refractivity contribution is 5.83. The second-order valence-corrected chi connectivity index (χ2v) is 10.4. The van der Waals surface area contributed by atoms with Gasteiger partial charge in [0, 0.05) is 24.5 Å². The van der Waals surface area contributed by atoms with E-state index in [4.69, 9.17) is 0 Å². The Hall–Kier alpha value is -1.35. The van der Waals surface area contributed by atoms with Crippen LogP contribution in [0.1, 0.15) is 63.4 Å². The molecule has 3 heteroatoms. The van der Waals surface area contributed by atoms with Crippen LogP contribution in [0.15, 0.2) is 30.3 Å². The van der Waals surface area contributed by atoms with Crippen LogP contribution < -0.4 is 5.32 Å². The largest absolute Gasteiger partial charge is 0.352 e. The average molecular weight is 381 g/mol. The Morgan fingerprint density at radius 2 is 1.68 bits per heavy atom. The number of likely N-dealkylation sites (tertiary alicyclic amines) is 1. The molecule has 0 aromatic heterocycles. The first kappa shape index (κ1) is 18.7. The molecule has 6 rings (SSSR count). The number of aryl methyl sites for hydroxylation is 1. The van der Waals surface area contributed by atoms with Crippen molar-refractivity contribution in [1.29, 1.82) is 0 Å². The van der Waals surface area contributed by atoms with Crippen LogP contribution in [0, 0.1) is 23.2 Å². The molecule has 4 bridgehead atoms. The molecule has 1 aromatic carbocycles. The van der Waals surface area contributed by atoms with Crippen molar-refractivity contribution in [3.8, 4) is 0 Å². The lowest BCUT2D eigenvalue weighted by Gasteiger charge is -2.55. The molecule has 1 N–H and O–H groups in total. The second kappa shape index (κ2) is 7.82. The minimum absolute atomic E-state index is 0.0118. The van der Waals surface area contributed by atoms with Crippen LogP contribution >= 0.6 is 0 Å². The number of carbonyl (C=O) groups excluding carboxylic acids is 1. The molecule has 1 aliphatic heterocycles. The van der Waals surface area contributed by atoms with Gasteiger partial charge in [-0.3, -0.25) is 4.79 Å². The summed E-state index contributed by atoms with van der Waals surface area (Å²) in [7, 11) is 0. The number of hydrogen-bond acceptors (Lipinski definition) is 2. The molecule has 28 heavy (non-hydrogen) atoms. The fraction of sp³-hybridized carbons (Fsp3) is 0.720. The van der Waals surface area contributed by atoms with E-state index in [1.807, 2.05) is 0 Å². The van der Waals surface area contributed by atoms with Crippen molar-refractivity contribution in [3.05, 3.63) is 35.9 Å². The summed E-state index contributed by atoms with van der Waals surface area (Å²) in [5, 5.41) is 3.50. The van der Waals surface area contributed by atoms with Gasteiger partial charge in [-0.15, -0.1) is 0 Å². The molecular weight excluding hydrogens is 344 g/mol. The van der Waals surface area contributed by atoms with Gasteiger partial charge in [-0.25, -0.2) is 0 Å². The third kappa shape index (κ3) is 3.87. The zero-order chi connectivity index (χ0) is 19.0. The molecule has 152 valence electrons. The van der Waals surface area contributed by atoms with Crippen molar-refractivity contribution in [2.75, 3.05) is 19.6 Å². The van der Waals surface area contributed by atoms with Gasteiger partial charge < -0.3 is 10.2 Å². The summed E-state index contributed by atoms with van der Waals surface area (Å²) < 4.78 is 0. The van der Waals surface area contributed by atoms with Crippen molar-refractivity contribution in [3.63, 3.8) is 0 Å². The molecular formula is C25H36N2O. The lowest BCUT2D eigenvalue weighted by atomic mass is 9.49. The Labute approximate surface area is 170 Å². The molecule has 0 spiro atoms. The van der Waals surface area contributed by atoms with Gasteiger partial charge in [-0.1, -0.05) is 30.3 Å². The average Bonchev–Trinajstić information content (AvgIpc) is 3.12. The van der Waals surface area contributed by atoms with Crippen LogP contribution in [0.3, 0.4) is 0 Å². The topological polar surface area (TPSA) is 32.3 Å². The van der Waals surface area contributed by atoms with E-state index in [2.05, 4.69) is 40.5 Å². The Kier molecular flexibility index (Phi) is 5.21. The van der Waals surface area contributed by atoms with Crippen molar-refractivity contribution >= 4 is 5.91 Å². The molecule has 1 heterocycles. The summed E-state index contributed by atoms with van der Waals surface area (Å²) in [4.78, 5) is 15.8. The van der Waals surface area contributed by atoms with Gasteiger partial charge in [0.15, 0.2) is 0 Å². The number of carbonyl (C=O) groups is 1. The number of unbranched alkanes of at least 4 members (excludes halogenated alkanes) is 1. The Morgan fingerprint density at radius 3 is 2.36 bits per heavy atom. The molecule has 0 radical (unpaired) electrons. The fourth-order valence-electron chi connectivity index (χ4n) is 7.19. The van der Waals surface area contributed by atoms with Gasteiger partial charge in [0.25, 0.3) is 0 Å². The van der Waals surface area contributed by atoms with E-state index in [1.54, 1.807) is 0 Å². The number of amides is 1. The fourth-order valence-corrected chi connectivity index (χ4v) is 7.19. The van der Waals surface area contributed by atoms with E-state index in [0.717, 1.165) is 37.3 Å². The third-order valence-electron chi connectivity index (χ3n) is 8.16. The summed E-state index contributed by atoms with van der Waals surface area (Å²) in [5.41, 5.74) is 1.46. The highest BCUT2D eigenvalue weighted by atomic mass is 16.2. The number of benzene rings is 1. The minimum Gasteiger partial charge on any atom is -0.352 e. The van der Waals surface area contributed by atoms with E-state index < -0.39 is 0 Å². The van der Waals surface area contributed by atoms with Crippen LogP contribution in [-0.2, 0) is 11.2 Å². The molecule has 1 amide bonds. The van der Waals surface area contributed by atoms with Crippen molar-refractivity contribution in [2.24, 2.45) is 23.2 Å². The molecule has 3 nitrogen and oxygen atoms in total. The van der Waals surface area contributed by atoms with Gasteiger partial charge in [-0.2, -0.15) is 0 Å². The smallest absolute Gasteiger partial charge is 0.226 e. The highest BCUT2D eigenvalue weighted by Crippen LogP contribution is 2.60. The molecule has 1 saturated heterocycles. The highest BCUT2D eigenvalue weighted by Gasteiger charge is 2.54. The van der Waals surface area contributed by atoms with E-state index in [-0.39, 0.29) is 5.41 Å². The summed E-state index contributed by atoms with van der Waals surface area (Å²) in [5.74, 6) is 2.97. The standard InChI is InChI=1S/C25H36N2O/c28-24(25-15-20-12-21(16-25)14-22(13-20)17-25)26-23-9-11-27(18-23)10-5-4-8-19-6-2-1-3-7-19/h1-3,6-7,20-23H,4-5,8-18H2,(H,26,28). The Morgan fingerprint density at radius 1 is 1.00 bits per heavy atom. The molecule has 1 atom stereocenters. The maximum atomic E-state index is 13.2. The predicted molar refractivity (Wildman–Crippen MR) is 113 cm³/mol. The lowest BCUT2D eigenvalue weighted by Crippen LogP contribution is -2.55. The summed E-state index contributed by atoms with van der Waals surface area (Å²) in [6.45, 7) is 3.39. The van der Waals surface area contributed by atoms with Crippen LogP contribution in [0.4, 0.5) is 0 Å². The zero-order valence-corrected chi connectivity index (χ0v) is 17.2. The maximum absolute atomic E-state index is 13.2. The van der Waals surface area contributed by atoms with Crippen LogP contribution in [0.2, 0.25) is 0 Å². The first-order valence-electron chi connectivity index (χ1n) is 11.8. The van der Waals surface area contributed by atoms with Gasteiger partial charge in [0.05, 0.1) is 0 Å². The summed E-state index contributed by atoms with van der Waals surface area (Å²) >= 11 is 0. The number of nitrogens with zero attached hydrogens (tertiary/aromatic N) is 1. The summed E-state index contributed by atoms with van der Waals surface area (Å²) in [6.07, 6.45) is 12.6. The summed E-state index contributed by atoms with van der Waals surface area (Å²) in [6, 6.07) is 11.2. The van der Waals surface area contributed by atoms with Crippen molar-refractivity contribution < 1.29 is 4.79 Å². The van der Waals surface area contributed by atoms with E-state index in [0.29, 0.717) is 11.9 Å². The number of hydrogen-bond donors (Lipinski definition) is 1. The monoisotopic (exact) mass is 380 g/mol. The van der Waals surface area contributed by atoms with Crippen molar-refractivity contribution in [1.82, 2.24) is 10.2 Å². The molecule has 4 aliphatic carbocycles. The zero-order valence-electron chi connectivity index (χ0n) is 17.2. The van der Waals surface area contributed by atoms with E-state index in [9.17, 15) is 4.79 Å². The Balaban J connectivity index is 1.06. The molecule has 1 unspecified atom stereocenters. The first-order chi connectivity index (χ1) is 13.7. The molecule has 1 aromatic rings. The maximum Gasteiger partial charge on any atom is 0.226 e. The minimum atomic E-state index is 0.0118. The van der Waals surface area contributed by atoms with Gasteiger partial charge >= 0.3 is 0 Å². The molecule has 4 saturated carbocycles. The number of nitrogens with one attached hydrogen (secondary N) is 1. The van der Waals surface area contributed by atoms with E-state index in [1.165, 1.54) is 69.9 Å². The molecule has 5 fully saturated rings. The third-order valence-corrected chi connectivity index (χ3v) is 8.16. The van der Waals surface area contributed by atoms with Crippen LogP contribution in [-0.4, -0.2) is 36.5 Å². The van der Waals surface area contributed by atoms with Crippen LogP contribution in [0.5, 0.6) is 0 Å². The SMILES string of the molecule is O=C(NC1CCN(CCCCc2ccccc2)C1)C12CC3CC(CC(C3)C1)C2. The lowest BCUT2D eigenvalue weighted by molar-refractivity contribution is -0.146. The predicted octanol–water partition coefficient (Wildman–Crippen LogP) is 4.42.